The van der Waals surface area contributed by atoms with Crippen LogP contribution in [0.15, 0.2) is 30.9 Å². The van der Waals surface area contributed by atoms with Gasteiger partial charge in [0.2, 0.25) is 5.91 Å². The Morgan fingerprint density at radius 3 is 2.89 bits per heavy atom. The fourth-order valence-corrected chi connectivity index (χ4v) is 1.60. The second-order valence-corrected chi connectivity index (χ2v) is 4.01. The fourth-order valence-electron chi connectivity index (χ4n) is 1.60. The second kappa shape index (κ2) is 7.27. The molecule has 1 rings (SSSR count). The van der Waals surface area contributed by atoms with Crippen molar-refractivity contribution in [2.45, 2.75) is 13.5 Å². The number of nitro benzene ring substituents is 1. The Morgan fingerprint density at radius 2 is 2.26 bits per heavy atom. The molecule has 0 aliphatic rings. The van der Waals surface area contributed by atoms with Crippen LogP contribution in [0.3, 0.4) is 0 Å². The molecule has 102 valence electrons. The zero-order chi connectivity index (χ0) is 14.3. The lowest BCUT2D eigenvalue weighted by Gasteiger charge is -2.08. The van der Waals surface area contributed by atoms with E-state index in [1.807, 2.05) is 0 Å². The number of hydrogen-bond acceptors (Lipinski definition) is 4. The molecule has 0 unspecified atom stereocenters. The SMILES string of the molecule is C=CCNCC(=O)NCc1cccc([N+](=O)[O-])c1C. The molecular formula is C13H17N3O3. The van der Waals surface area contributed by atoms with Crippen LogP contribution in [-0.2, 0) is 11.3 Å². The Bertz CT molecular complexity index is 486. The molecule has 0 aliphatic heterocycles. The highest BCUT2D eigenvalue weighted by Gasteiger charge is 2.13. The van der Waals surface area contributed by atoms with E-state index in [0.29, 0.717) is 12.1 Å². The van der Waals surface area contributed by atoms with Gasteiger partial charge in [-0.05, 0) is 12.5 Å². The van der Waals surface area contributed by atoms with Gasteiger partial charge in [0, 0.05) is 24.7 Å². The van der Waals surface area contributed by atoms with E-state index in [-0.39, 0.29) is 24.7 Å². The highest BCUT2D eigenvalue weighted by Crippen LogP contribution is 2.20. The average Bonchev–Trinajstić information content (AvgIpc) is 2.37. The van der Waals surface area contributed by atoms with Gasteiger partial charge in [0.25, 0.3) is 5.69 Å². The first kappa shape index (κ1) is 14.8. The summed E-state index contributed by atoms with van der Waals surface area (Å²) >= 11 is 0. The van der Waals surface area contributed by atoms with Gasteiger partial charge in [0.15, 0.2) is 0 Å². The summed E-state index contributed by atoms with van der Waals surface area (Å²) in [7, 11) is 0. The van der Waals surface area contributed by atoms with Gasteiger partial charge in [-0.2, -0.15) is 0 Å². The van der Waals surface area contributed by atoms with Crippen LogP contribution in [0.25, 0.3) is 0 Å². The summed E-state index contributed by atoms with van der Waals surface area (Å²) in [4.78, 5) is 21.8. The van der Waals surface area contributed by atoms with E-state index in [1.54, 1.807) is 25.1 Å². The average molecular weight is 263 g/mol. The highest BCUT2D eigenvalue weighted by atomic mass is 16.6. The number of hydrogen-bond donors (Lipinski definition) is 2. The van der Waals surface area contributed by atoms with Crippen LogP contribution in [0.2, 0.25) is 0 Å². The molecule has 0 spiro atoms. The number of nitro groups is 1. The van der Waals surface area contributed by atoms with Gasteiger partial charge in [-0.15, -0.1) is 6.58 Å². The van der Waals surface area contributed by atoms with Crippen molar-refractivity contribution in [3.8, 4) is 0 Å². The number of carbonyl (C=O) groups excluding carboxylic acids is 1. The van der Waals surface area contributed by atoms with E-state index in [9.17, 15) is 14.9 Å². The molecule has 0 fully saturated rings. The quantitative estimate of drug-likeness (QED) is 0.336. The lowest BCUT2D eigenvalue weighted by molar-refractivity contribution is -0.385. The molecular weight excluding hydrogens is 246 g/mol. The zero-order valence-electron chi connectivity index (χ0n) is 10.8. The first-order valence-corrected chi connectivity index (χ1v) is 5.87. The number of nitrogens with one attached hydrogen (secondary N) is 2. The van der Waals surface area contributed by atoms with Gasteiger partial charge in [0.05, 0.1) is 11.5 Å². The van der Waals surface area contributed by atoms with Crippen LogP contribution in [0, 0.1) is 17.0 Å². The lowest BCUT2D eigenvalue weighted by Crippen LogP contribution is -2.33. The van der Waals surface area contributed by atoms with Gasteiger partial charge in [0.1, 0.15) is 0 Å². The summed E-state index contributed by atoms with van der Waals surface area (Å²) in [6.45, 7) is 6.24. The third kappa shape index (κ3) is 4.51. The van der Waals surface area contributed by atoms with Crippen LogP contribution >= 0.6 is 0 Å². The van der Waals surface area contributed by atoms with E-state index < -0.39 is 4.92 Å². The second-order valence-electron chi connectivity index (χ2n) is 4.01. The number of amides is 1. The van der Waals surface area contributed by atoms with Crippen LogP contribution in [-0.4, -0.2) is 23.9 Å². The smallest absolute Gasteiger partial charge is 0.272 e. The van der Waals surface area contributed by atoms with Crippen LogP contribution in [0.5, 0.6) is 0 Å². The van der Waals surface area contributed by atoms with Crippen LogP contribution < -0.4 is 10.6 Å². The predicted octanol–water partition coefficient (Wildman–Crippen LogP) is 1.30. The molecule has 0 saturated heterocycles. The minimum absolute atomic E-state index is 0.0662. The maximum absolute atomic E-state index is 11.5. The summed E-state index contributed by atoms with van der Waals surface area (Å²) < 4.78 is 0. The number of benzene rings is 1. The molecule has 6 nitrogen and oxygen atoms in total. The van der Waals surface area contributed by atoms with Gasteiger partial charge in [-0.1, -0.05) is 18.2 Å². The molecule has 0 heterocycles. The zero-order valence-corrected chi connectivity index (χ0v) is 10.8. The van der Waals surface area contributed by atoms with Crippen molar-refractivity contribution in [3.05, 3.63) is 52.1 Å². The summed E-state index contributed by atoms with van der Waals surface area (Å²) in [6.07, 6.45) is 1.66. The van der Waals surface area contributed by atoms with Gasteiger partial charge >= 0.3 is 0 Å². The van der Waals surface area contributed by atoms with Crippen molar-refractivity contribution >= 4 is 11.6 Å². The van der Waals surface area contributed by atoms with Crippen LogP contribution in [0.1, 0.15) is 11.1 Å². The van der Waals surface area contributed by atoms with Gasteiger partial charge < -0.3 is 10.6 Å². The topological polar surface area (TPSA) is 84.3 Å². The molecule has 1 aromatic carbocycles. The normalized spacial score (nSPS) is 9.95. The molecule has 6 heteroatoms. The van der Waals surface area contributed by atoms with Crippen molar-refractivity contribution < 1.29 is 9.72 Å². The van der Waals surface area contributed by atoms with Crippen LogP contribution in [0.4, 0.5) is 5.69 Å². The monoisotopic (exact) mass is 263 g/mol. The fraction of sp³-hybridized carbons (Fsp3) is 0.308. The van der Waals surface area contributed by atoms with E-state index >= 15 is 0 Å². The van der Waals surface area contributed by atoms with Gasteiger partial charge in [-0.25, -0.2) is 0 Å². The van der Waals surface area contributed by atoms with E-state index in [0.717, 1.165) is 5.56 Å². The Kier molecular flexibility index (Phi) is 5.69. The molecule has 1 amide bonds. The van der Waals surface area contributed by atoms with Gasteiger partial charge in [-0.3, -0.25) is 14.9 Å². The molecule has 0 aromatic heterocycles. The molecule has 0 aliphatic carbocycles. The third-order valence-electron chi connectivity index (χ3n) is 2.66. The van der Waals surface area contributed by atoms with Crippen molar-refractivity contribution in [3.63, 3.8) is 0 Å². The summed E-state index contributed by atoms with van der Waals surface area (Å²) in [5, 5.41) is 16.4. The third-order valence-corrected chi connectivity index (χ3v) is 2.66. The van der Waals surface area contributed by atoms with Crippen molar-refractivity contribution in [1.29, 1.82) is 0 Å². The van der Waals surface area contributed by atoms with E-state index in [2.05, 4.69) is 17.2 Å². The Labute approximate surface area is 111 Å². The summed E-state index contributed by atoms with van der Waals surface area (Å²) in [5.41, 5.74) is 1.38. The number of carbonyl (C=O) groups is 1. The molecule has 1 aromatic rings. The van der Waals surface area contributed by atoms with Crippen molar-refractivity contribution in [2.75, 3.05) is 13.1 Å². The molecule has 2 N–H and O–H groups in total. The maximum Gasteiger partial charge on any atom is 0.272 e. The van der Waals surface area contributed by atoms with E-state index in [4.69, 9.17) is 0 Å². The Morgan fingerprint density at radius 1 is 1.53 bits per heavy atom. The molecule has 0 atom stereocenters. The Hall–Kier alpha value is -2.21. The first-order valence-electron chi connectivity index (χ1n) is 5.87. The van der Waals surface area contributed by atoms with Crippen molar-refractivity contribution in [2.24, 2.45) is 0 Å². The highest BCUT2D eigenvalue weighted by molar-refractivity contribution is 5.78. The molecule has 0 radical (unpaired) electrons. The number of rotatable bonds is 7. The molecule has 19 heavy (non-hydrogen) atoms. The first-order chi connectivity index (χ1) is 9.06. The molecule has 0 saturated carbocycles. The summed E-state index contributed by atoms with van der Waals surface area (Å²) in [6, 6.07) is 4.83. The Balaban J connectivity index is 2.58. The summed E-state index contributed by atoms with van der Waals surface area (Å²) in [5.74, 6) is -0.159. The minimum atomic E-state index is -0.424. The minimum Gasteiger partial charge on any atom is -0.351 e. The molecule has 0 bridgehead atoms. The largest absolute Gasteiger partial charge is 0.351 e. The van der Waals surface area contributed by atoms with E-state index in [1.165, 1.54) is 6.07 Å². The maximum atomic E-state index is 11.5. The lowest BCUT2D eigenvalue weighted by atomic mass is 10.1. The predicted molar refractivity (Wildman–Crippen MR) is 72.7 cm³/mol. The number of nitrogens with zero attached hydrogens (tertiary/aromatic N) is 1. The standard InChI is InChI=1S/C13H17N3O3/c1-3-7-14-9-13(17)15-8-11-5-4-6-12(10(11)2)16(18)19/h3-6,14H,1,7-9H2,2H3,(H,15,17). The van der Waals surface area contributed by atoms with Crippen molar-refractivity contribution in [1.82, 2.24) is 10.6 Å².